The van der Waals surface area contributed by atoms with E-state index in [1.54, 1.807) is 12.4 Å². The fourth-order valence-corrected chi connectivity index (χ4v) is 2.05. The van der Waals surface area contributed by atoms with Gasteiger partial charge < -0.3 is 0 Å². The number of ketones is 2. The van der Waals surface area contributed by atoms with Crippen molar-refractivity contribution in [2.75, 3.05) is 0 Å². The lowest BCUT2D eigenvalue weighted by Crippen LogP contribution is -2.08. The number of carbonyl (C=O) groups is 2. The fraction of sp³-hybridized carbons (Fsp3) is 0.0667. The molecule has 0 bridgehead atoms. The minimum Gasteiger partial charge on any atom is -0.294 e. The molecule has 0 radical (unpaired) electrons. The van der Waals surface area contributed by atoms with E-state index in [9.17, 15) is 14.0 Å². The van der Waals surface area contributed by atoms with Crippen molar-refractivity contribution in [2.45, 2.75) is 6.42 Å². The first kappa shape index (κ1) is 13.1. The van der Waals surface area contributed by atoms with Gasteiger partial charge in [0, 0.05) is 18.0 Å². The number of halogens is 1. The van der Waals surface area contributed by atoms with Crippen LogP contribution >= 0.6 is 0 Å². The average Bonchev–Trinajstić information content (AvgIpc) is 2.91. The van der Waals surface area contributed by atoms with E-state index in [4.69, 9.17) is 0 Å². The molecule has 0 aliphatic carbocycles. The highest BCUT2D eigenvalue weighted by atomic mass is 19.1. The monoisotopic (exact) mass is 283 g/mol. The van der Waals surface area contributed by atoms with Gasteiger partial charge >= 0.3 is 0 Å². The van der Waals surface area contributed by atoms with E-state index in [0.29, 0.717) is 11.1 Å². The van der Waals surface area contributed by atoms with Gasteiger partial charge in [-0.05, 0) is 12.1 Å². The van der Waals surface area contributed by atoms with E-state index in [0.717, 1.165) is 6.07 Å². The van der Waals surface area contributed by atoms with Crippen molar-refractivity contribution in [2.24, 2.45) is 0 Å². The predicted molar refractivity (Wildman–Crippen MR) is 72.7 cm³/mol. The molecule has 0 atom stereocenters. The van der Waals surface area contributed by atoms with E-state index < -0.39 is 11.6 Å². The van der Waals surface area contributed by atoms with Crippen LogP contribution in [0.1, 0.15) is 27.1 Å². The molecule has 0 N–H and O–H groups in total. The molecule has 2 heterocycles. The molecular formula is C15H10FN3O2. The summed E-state index contributed by atoms with van der Waals surface area (Å²) in [6.45, 7) is 0. The molecule has 5 nitrogen and oxygen atoms in total. The number of nitrogens with zero attached hydrogens (tertiary/aromatic N) is 3. The highest BCUT2D eigenvalue weighted by molar-refractivity contribution is 6.15. The molecule has 0 unspecified atom stereocenters. The summed E-state index contributed by atoms with van der Waals surface area (Å²) in [7, 11) is 0. The Morgan fingerprint density at radius 2 is 2.05 bits per heavy atom. The first-order chi connectivity index (χ1) is 10.1. The molecule has 0 amide bonds. The summed E-state index contributed by atoms with van der Waals surface area (Å²) >= 11 is 0. The Kier molecular flexibility index (Phi) is 3.27. The Labute approximate surface area is 119 Å². The summed E-state index contributed by atoms with van der Waals surface area (Å²) in [6.07, 6.45) is 5.73. The SMILES string of the molecule is O=C(CC(=O)c1cnn2ccncc12)c1cccc(F)c1. The second kappa shape index (κ2) is 5.24. The summed E-state index contributed by atoms with van der Waals surface area (Å²) in [5.74, 6) is -1.30. The minimum absolute atomic E-state index is 0.179. The Hall–Kier alpha value is -2.89. The Bertz CT molecular complexity index is 842. The van der Waals surface area contributed by atoms with E-state index in [2.05, 4.69) is 10.1 Å². The van der Waals surface area contributed by atoms with Crippen molar-refractivity contribution >= 4 is 17.1 Å². The fourth-order valence-electron chi connectivity index (χ4n) is 2.05. The Morgan fingerprint density at radius 3 is 2.86 bits per heavy atom. The summed E-state index contributed by atoms with van der Waals surface area (Å²) in [5.41, 5.74) is 1.04. The second-order valence-electron chi connectivity index (χ2n) is 4.50. The number of carbonyl (C=O) groups excluding carboxylic acids is 2. The number of hydrogen-bond acceptors (Lipinski definition) is 4. The number of hydrogen-bond donors (Lipinski definition) is 0. The van der Waals surface area contributed by atoms with E-state index in [1.165, 1.54) is 35.1 Å². The number of aromatic nitrogens is 3. The molecule has 3 aromatic rings. The van der Waals surface area contributed by atoms with Gasteiger partial charge in [0.05, 0.1) is 29.9 Å². The van der Waals surface area contributed by atoms with Gasteiger partial charge in [-0.25, -0.2) is 8.91 Å². The van der Waals surface area contributed by atoms with Crippen molar-refractivity contribution in [1.29, 1.82) is 0 Å². The minimum atomic E-state index is -0.506. The van der Waals surface area contributed by atoms with Crippen molar-refractivity contribution < 1.29 is 14.0 Å². The third-order valence-electron chi connectivity index (χ3n) is 3.09. The van der Waals surface area contributed by atoms with Crippen molar-refractivity contribution in [3.8, 4) is 0 Å². The van der Waals surface area contributed by atoms with Crippen LogP contribution in [0.25, 0.3) is 5.52 Å². The molecule has 104 valence electrons. The summed E-state index contributed by atoms with van der Waals surface area (Å²) < 4.78 is 14.6. The van der Waals surface area contributed by atoms with Gasteiger partial charge in [0.15, 0.2) is 11.6 Å². The summed E-state index contributed by atoms with van der Waals surface area (Å²) in [6, 6.07) is 5.28. The first-order valence-electron chi connectivity index (χ1n) is 6.24. The molecule has 6 heteroatoms. The van der Waals surface area contributed by atoms with Crippen LogP contribution in [0, 0.1) is 5.82 Å². The number of fused-ring (bicyclic) bond motifs is 1. The van der Waals surface area contributed by atoms with E-state index in [1.807, 2.05) is 0 Å². The smallest absolute Gasteiger partial charge is 0.174 e. The third-order valence-corrected chi connectivity index (χ3v) is 3.09. The molecule has 2 aromatic heterocycles. The molecule has 1 aromatic carbocycles. The first-order valence-corrected chi connectivity index (χ1v) is 6.24. The van der Waals surface area contributed by atoms with Crippen molar-refractivity contribution in [1.82, 2.24) is 14.6 Å². The quantitative estimate of drug-likeness (QED) is 0.544. The maximum Gasteiger partial charge on any atom is 0.174 e. The lowest BCUT2D eigenvalue weighted by atomic mass is 10.0. The van der Waals surface area contributed by atoms with Crippen LogP contribution in [0.5, 0.6) is 0 Å². The largest absolute Gasteiger partial charge is 0.294 e. The van der Waals surface area contributed by atoms with Gasteiger partial charge in [0.25, 0.3) is 0 Å². The van der Waals surface area contributed by atoms with Crippen LogP contribution in [0.4, 0.5) is 4.39 Å². The highest BCUT2D eigenvalue weighted by Gasteiger charge is 2.17. The number of rotatable bonds is 4. The van der Waals surface area contributed by atoms with E-state index >= 15 is 0 Å². The molecular weight excluding hydrogens is 273 g/mol. The maximum atomic E-state index is 13.1. The molecule has 0 aliphatic heterocycles. The third kappa shape index (κ3) is 2.55. The lowest BCUT2D eigenvalue weighted by Gasteiger charge is -2.00. The van der Waals surface area contributed by atoms with Gasteiger partial charge in [0.2, 0.25) is 0 Å². The van der Waals surface area contributed by atoms with Crippen LogP contribution in [0.2, 0.25) is 0 Å². The zero-order valence-corrected chi connectivity index (χ0v) is 10.9. The van der Waals surface area contributed by atoms with Crippen molar-refractivity contribution in [3.63, 3.8) is 0 Å². The zero-order chi connectivity index (χ0) is 14.8. The van der Waals surface area contributed by atoms with Gasteiger partial charge in [-0.2, -0.15) is 5.10 Å². The maximum absolute atomic E-state index is 13.1. The van der Waals surface area contributed by atoms with Crippen LogP contribution in [-0.2, 0) is 0 Å². The Morgan fingerprint density at radius 1 is 1.19 bits per heavy atom. The van der Waals surface area contributed by atoms with Gasteiger partial charge in [0.1, 0.15) is 5.82 Å². The molecule has 0 fully saturated rings. The van der Waals surface area contributed by atoms with Crippen LogP contribution in [0.15, 0.2) is 49.1 Å². The van der Waals surface area contributed by atoms with Crippen LogP contribution < -0.4 is 0 Å². The standard InChI is InChI=1S/C15H10FN3O2/c16-11-3-1-2-10(6-11)14(20)7-15(21)12-8-18-19-5-4-17-9-13(12)19/h1-6,8-9H,7H2. The normalized spacial score (nSPS) is 10.7. The molecule has 0 spiro atoms. The number of Topliss-reactive ketones (excluding diaryl/α,β-unsaturated/α-hetero) is 2. The molecule has 0 saturated heterocycles. The zero-order valence-electron chi connectivity index (χ0n) is 10.9. The molecule has 3 rings (SSSR count). The van der Waals surface area contributed by atoms with Gasteiger partial charge in [-0.1, -0.05) is 12.1 Å². The van der Waals surface area contributed by atoms with Gasteiger partial charge in [-0.3, -0.25) is 14.6 Å². The highest BCUT2D eigenvalue weighted by Crippen LogP contribution is 2.14. The predicted octanol–water partition coefficient (Wildman–Crippen LogP) is 2.32. The van der Waals surface area contributed by atoms with E-state index in [-0.39, 0.29) is 17.8 Å². The van der Waals surface area contributed by atoms with Crippen molar-refractivity contribution in [3.05, 3.63) is 66.0 Å². The summed E-state index contributed by atoms with van der Waals surface area (Å²) in [5, 5.41) is 4.02. The number of benzene rings is 1. The molecule has 0 aliphatic rings. The van der Waals surface area contributed by atoms with Crippen LogP contribution in [-0.4, -0.2) is 26.2 Å². The summed E-state index contributed by atoms with van der Waals surface area (Å²) in [4.78, 5) is 28.1. The van der Waals surface area contributed by atoms with Gasteiger partial charge in [-0.15, -0.1) is 0 Å². The lowest BCUT2D eigenvalue weighted by molar-refractivity contribution is 0.0895. The second-order valence-corrected chi connectivity index (χ2v) is 4.50. The average molecular weight is 283 g/mol. The van der Waals surface area contributed by atoms with Crippen LogP contribution in [0.3, 0.4) is 0 Å². The Balaban J connectivity index is 1.85. The topological polar surface area (TPSA) is 64.3 Å². The molecule has 21 heavy (non-hydrogen) atoms. The molecule has 0 saturated carbocycles.